The van der Waals surface area contributed by atoms with E-state index >= 15 is 0 Å². The van der Waals surface area contributed by atoms with E-state index in [-0.39, 0.29) is 32.1 Å². The summed E-state index contributed by atoms with van der Waals surface area (Å²) >= 11 is 1.72. The Hall–Kier alpha value is -1.19. The van der Waals surface area contributed by atoms with Crippen LogP contribution in [0.15, 0.2) is 11.6 Å². The second kappa shape index (κ2) is 9.14. The minimum Gasteiger partial charge on any atom is -0.376 e. The summed E-state index contributed by atoms with van der Waals surface area (Å²) < 4.78 is 42.0. The number of carbonyl (C=O) groups is 1. The fourth-order valence-corrected chi connectivity index (χ4v) is 3.53. The Morgan fingerprint density at radius 3 is 2.54 bits per heavy atom. The second-order valence-corrected chi connectivity index (χ2v) is 7.85. The van der Waals surface area contributed by atoms with Crippen LogP contribution in [-0.4, -0.2) is 54.8 Å². The zero-order valence-corrected chi connectivity index (χ0v) is 15.7. The van der Waals surface area contributed by atoms with Gasteiger partial charge >= 0.3 is 6.18 Å². The van der Waals surface area contributed by atoms with Gasteiger partial charge in [0.05, 0.1) is 23.1 Å². The molecule has 148 valence electrons. The summed E-state index contributed by atoms with van der Waals surface area (Å²) in [5.74, 6) is 0.580. The van der Waals surface area contributed by atoms with Crippen LogP contribution in [0.2, 0.25) is 0 Å². The maximum atomic E-state index is 12.3. The molecule has 1 saturated carbocycles. The molecule has 9 heteroatoms. The number of amides is 1. The van der Waals surface area contributed by atoms with Crippen molar-refractivity contribution in [2.45, 2.75) is 50.8 Å². The molecule has 2 N–H and O–H groups in total. The summed E-state index contributed by atoms with van der Waals surface area (Å²) in [5, 5.41) is 3.24. The number of ether oxygens (including phenoxy) is 1. The highest BCUT2D eigenvalue weighted by Crippen LogP contribution is 2.57. The molecule has 1 atom stereocenters. The SMILES string of the molecule is CC(CN)OCC1(C(F)(F)F)CC1.O=CN1CCC(c2nccs2)CC1. The Labute approximate surface area is 155 Å². The third-order valence-electron chi connectivity index (χ3n) is 4.91. The number of hydrogen-bond donors (Lipinski definition) is 1. The van der Waals surface area contributed by atoms with Gasteiger partial charge in [-0.05, 0) is 32.6 Å². The number of aromatic nitrogens is 1. The minimum absolute atomic E-state index is 0.188. The van der Waals surface area contributed by atoms with Crippen molar-refractivity contribution in [3.63, 3.8) is 0 Å². The highest BCUT2D eigenvalue weighted by atomic mass is 32.1. The van der Waals surface area contributed by atoms with Gasteiger partial charge in [-0.1, -0.05) is 0 Å². The van der Waals surface area contributed by atoms with E-state index in [4.69, 9.17) is 10.5 Å². The Morgan fingerprint density at radius 1 is 1.46 bits per heavy atom. The maximum Gasteiger partial charge on any atom is 0.396 e. The lowest BCUT2D eigenvalue weighted by atomic mass is 9.98. The molecule has 1 aliphatic heterocycles. The number of alkyl halides is 3. The smallest absolute Gasteiger partial charge is 0.376 e. The van der Waals surface area contributed by atoms with Crippen molar-refractivity contribution >= 4 is 17.7 Å². The largest absolute Gasteiger partial charge is 0.396 e. The van der Waals surface area contributed by atoms with Crippen LogP contribution in [0, 0.1) is 5.41 Å². The molecular formula is C17H26F3N3O2S. The number of likely N-dealkylation sites (tertiary alicyclic amines) is 1. The normalized spacial score (nSPS) is 20.9. The van der Waals surface area contributed by atoms with E-state index in [0.717, 1.165) is 32.3 Å². The third kappa shape index (κ3) is 5.65. The van der Waals surface area contributed by atoms with Crippen LogP contribution in [-0.2, 0) is 9.53 Å². The number of carbonyl (C=O) groups excluding carboxylic acids is 1. The molecule has 5 nitrogen and oxygen atoms in total. The van der Waals surface area contributed by atoms with E-state index in [1.54, 1.807) is 18.3 Å². The summed E-state index contributed by atoms with van der Waals surface area (Å²) in [5.41, 5.74) is 3.67. The van der Waals surface area contributed by atoms with E-state index in [9.17, 15) is 18.0 Å². The van der Waals surface area contributed by atoms with Crippen molar-refractivity contribution in [1.29, 1.82) is 0 Å². The zero-order chi connectivity index (χ0) is 19.2. The van der Waals surface area contributed by atoms with Gasteiger partial charge in [-0.15, -0.1) is 11.3 Å². The highest BCUT2D eigenvalue weighted by Gasteiger charge is 2.63. The molecule has 1 aliphatic carbocycles. The average molecular weight is 393 g/mol. The molecule has 1 amide bonds. The number of thiazole rings is 1. The first-order chi connectivity index (χ1) is 12.3. The molecule has 0 bridgehead atoms. The topological polar surface area (TPSA) is 68.5 Å². The third-order valence-corrected chi connectivity index (χ3v) is 5.85. The monoisotopic (exact) mass is 393 g/mol. The molecule has 1 aromatic rings. The van der Waals surface area contributed by atoms with Crippen LogP contribution in [0.25, 0.3) is 0 Å². The van der Waals surface area contributed by atoms with Crippen molar-refractivity contribution in [3.8, 4) is 0 Å². The van der Waals surface area contributed by atoms with Gasteiger partial charge in [-0.2, -0.15) is 13.2 Å². The van der Waals surface area contributed by atoms with E-state index in [0.29, 0.717) is 5.92 Å². The van der Waals surface area contributed by atoms with Gasteiger partial charge < -0.3 is 15.4 Å². The first-order valence-electron chi connectivity index (χ1n) is 8.78. The lowest BCUT2D eigenvalue weighted by Gasteiger charge is -2.27. The van der Waals surface area contributed by atoms with E-state index in [1.165, 1.54) is 5.01 Å². The van der Waals surface area contributed by atoms with E-state index in [1.807, 2.05) is 16.5 Å². The predicted octanol–water partition coefficient (Wildman–Crippen LogP) is 3.17. The van der Waals surface area contributed by atoms with Gasteiger partial charge in [0.1, 0.15) is 0 Å². The molecule has 0 spiro atoms. The standard InChI is InChI=1S/C9H12N2OS.C8H14F3NO/c12-7-11-4-1-8(2-5-11)9-10-3-6-13-9;1-6(4-12)13-5-7(2-3-7)8(9,10)11/h3,6-8H,1-2,4-5H2;6H,2-5,12H2,1H3. The molecule has 2 heterocycles. The molecule has 0 radical (unpaired) electrons. The van der Waals surface area contributed by atoms with Crippen LogP contribution < -0.4 is 5.73 Å². The van der Waals surface area contributed by atoms with Crippen molar-refractivity contribution in [1.82, 2.24) is 9.88 Å². The minimum atomic E-state index is -4.12. The number of piperidine rings is 1. The van der Waals surface area contributed by atoms with Crippen LogP contribution in [0.5, 0.6) is 0 Å². The lowest BCUT2D eigenvalue weighted by Crippen LogP contribution is -2.32. The summed E-state index contributed by atoms with van der Waals surface area (Å²) in [6.45, 7) is 3.46. The quantitative estimate of drug-likeness (QED) is 0.754. The lowest BCUT2D eigenvalue weighted by molar-refractivity contribution is -0.204. The summed E-state index contributed by atoms with van der Waals surface area (Å²) in [7, 11) is 0. The van der Waals surface area contributed by atoms with E-state index < -0.39 is 11.6 Å². The number of hydrogen-bond acceptors (Lipinski definition) is 5. The summed E-state index contributed by atoms with van der Waals surface area (Å²) in [4.78, 5) is 16.6. The Balaban J connectivity index is 0.000000187. The molecule has 2 fully saturated rings. The first-order valence-corrected chi connectivity index (χ1v) is 9.66. The van der Waals surface area contributed by atoms with Gasteiger partial charge in [-0.25, -0.2) is 4.98 Å². The molecular weight excluding hydrogens is 367 g/mol. The Morgan fingerprint density at radius 2 is 2.12 bits per heavy atom. The summed E-state index contributed by atoms with van der Waals surface area (Å²) in [6.07, 6.45) is 0.880. The van der Waals surface area contributed by atoms with Crippen molar-refractivity contribution in [3.05, 3.63) is 16.6 Å². The van der Waals surface area contributed by atoms with Crippen LogP contribution in [0.3, 0.4) is 0 Å². The predicted molar refractivity (Wildman–Crippen MR) is 93.9 cm³/mol. The van der Waals surface area contributed by atoms with Gasteiger partial charge in [0, 0.05) is 37.1 Å². The highest BCUT2D eigenvalue weighted by molar-refractivity contribution is 7.09. The Bertz CT molecular complexity index is 542. The number of rotatable bonds is 6. The second-order valence-electron chi connectivity index (χ2n) is 6.92. The van der Waals surface area contributed by atoms with Gasteiger partial charge in [0.2, 0.25) is 6.41 Å². The molecule has 1 aromatic heterocycles. The first kappa shape index (κ1) is 21.1. The molecule has 3 rings (SSSR count). The van der Waals surface area contributed by atoms with Crippen molar-refractivity contribution in [2.75, 3.05) is 26.2 Å². The van der Waals surface area contributed by atoms with Gasteiger partial charge in [0.25, 0.3) is 0 Å². The van der Waals surface area contributed by atoms with Crippen molar-refractivity contribution in [2.24, 2.45) is 11.1 Å². The Kier molecular flexibility index (Phi) is 7.42. The number of nitrogens with two attached hydrogens (primary N) is 1. The number of halogens is 3. The fourth-order valence-electron chi connectivity index (χ4n) is 2.72. The van der Waals surface area contributed by atoms with Crippen LogP contribution in [0.1, 0.15) is 43.5 Å². The molecule has 1 unspecified atom stereocenters. The molecule has 26 heavy (non-hydrogen) atoms. The van der Waals surface area contributed by atoms with Gasteiger partial charge in [0.15, 0.2) is 0 Å². The van der Waals surface area contributed by atoms with Gasteiger partial charge in [-0.3, -0.25) is 4.79 Å². The maximum absolute atomic E-state index is 12.3. The fraction of sp³-hybridized carbons (Fsp3) is 0.765. The average Bonchev–Trinajstić information content (AvgIpc) is 3.25. The molecule has 0 aromatic carbocycles. The zero-order valence-electron chi connectivity index (χ0n) is 14.9. The van der Waals surface area contributed by atoms with Crippen LogP contribution in [0.4, 0.5) is 13.2 Å². The summed E-state index contributed by atoms with van der Waals surface area (Å²) in [6, 6.07) is 0. The molecule has 1 saturated heterocycles. The molecule has 2 aliphatic rings. The van der Waals surface area contributed by atoms with Crippen LogP contribution >= 0.6 is 11.3 Å². The van der Waals surface area contributed by atoms with E-state index in [2.05, 4.69) is 4.98 Å². The number of nitrogens with zero attached hydrogens (tertiary/aromatic N) is 2. The van der Waals surface area contributed by atoms with Crippen molar-refractivity contribution < 1.29 is 22.7 Å².